The van der Waals surface area contributed by atoms with Crippen LogP contribution in [-0.2, 0) is 0 Å². The van der Waals surface area contributed by atoms with Crippen molar-refractivity contribution >= 4 is 0 Å². The van der Waals surface area contributed by atoms with Gasteiger partial charge in [0.05, 0.1) is 6.61 Å². The van der Waals surface area contributed by atoms with Crippen molar-refractivity contribution in [3.8, 4) is 5.75 Å². The van der Waals surface area contributed by atoms with Crippen LogP contribution < -0.4 is 10.1 Å². The largest absolute Gasteiger partial charge is 0.494 e. The highest BCUT2D eigenvalue weighted by Gasteiger charge is 2.20. The number of hydrogen-bond acceptors (Lipinski definition) is 3. The van der Waals surface area contributed by atoms with Gasteiger partial charge in [0.1, 0.15) is 5.75 Å². The zero-order valence-corrected chi connectivity index (χ0v) is 12.2. The Kier molecular flexibility index (Phi) is 5.67. The lowest BCUT2D eigenvalue weighted by atomic mass is 10.1. The van der Waals surface area contributed by atoms with Crippen molar-refractivity contribution in [3.63, 3.8) is 0 Å². The van der Waals surface area contributed by atoms with Crippen LogP contribution in [0.1, 0.15) is 18.4 Å². The first-order valence-electron chi connectivity index (χ1n) is 7.34. The van der Waals surface area contributed by atoms with Crippen LogP contribution >= 0.6 is 0 Å². The number of nitrogens with one attached hydrogen (secondary N) is 1. The van der Waals surface area contributed by atoms with Crippen LogP contribution in [0.4, 0.5) is 0 Å². The lowest BCUT2D eigenvalue weighted by Crippen LogP contribution is -2.26. The van der Waals surface area contributed by atoms with Gasteiger partial charge in [-0.1, -0.05) is 12.1 Å². The van der Waals surface area contributed by atoms with Crippen molar-refractivity contribution in [1.29, 1.82) is 0 Å². The third kappa shape index (κ3) is 4.84. The van der Waals surface area contributed by atoms with E-state index in [1.165, 1.54) is 25.1 Å². The lowest BCUT2D eigenvalue weighted by molar-refractivity contribution is 0.258. The van der Waals surface area contributed by atoms with E-state index in [0.717, 1.165) is 37.8 Å². The van der Waals surface area contributed by atoms with E-state index in [2.05, 4.69) is 29.3 Å². The molecule has 1 aromatic rings. The Morgan fingerprint density at radius 1 is 1.42 bits per heavy atom. The summed E-state index contributed by atoms with van der Waals surface area (Å²) in [5, 5.41) is 3.27. The molecule has 2 rings (SSSR count). The van der Waals surface area contributed by atoms with Crippen LogP contribution in [0.2, 0.25) is 0 Å². The van der Waals surface area contributed by atoms with Gasteiger partial charge in [-0.25, -0.2) is 0 Å². The van der Waals surface area contributed by atoms with Gasteiger partial charge < -0.3 is 15.0 Å². The summed E-state index contributed by atoms with van der Waals surface area (Å²) in [6.07, 6.45) is 2.44. The van der Waals surface area contributed by atoms with Crippen LogP contribution in [0.5, 0.6) is 5.75 Å². The van der Waals surface area contributed by atoms with E-state index in [9.17, 15) is 0 Å². The topological polar surface area (TPSA) is 24.5 Å². The van der Waals surface area contributed by atoms with Gasteiger partial charge in [0.15, 0.2) is 0 Å². The van der Waals surface area contributed by atoms with Gasteiger partial charge in [-0.2, -0.15) is 0 Å². The van der Waals surface area contributed by atoms with Crippen LogP contribution in [0, 0.1) is 12.8 Å². The zero-order chi connectivity index (χ0) is 13.5. The Morgan fingerprint density at radius 2 is 2.32 bits per heavy atom. The average Bonchev–Trinajstić information content (AvgIpc) is 2.83. The standard InChI is InChI=1S/C16H26N2O/c1-14-5-3-6-16(11-14)19-10-4-8-18-9-7-15(13-18)12-17-2/h3,5-6,11,15,17H,4,7-10,12-13H2,1-2H3. The van der Waals surface area contributed by atoms with Gasteiger partial charge in [-0.15, -0.1) is 0 Å². The maximum Gasteiger partial charge on any atom is 0.119 e. The molecule has 3 nitrogen and oxygen atoms in total. The molecule has 3 heteroatoms. The monoisotopic (exact) mass is 262 g/mol. The second kappa shape index (κ2) is 7.51. The molecule has 1 atom stereocenters. The van der Waals surface area contributed by atoms with Gasteiger partial charge >= 0.3 is 0 Å². The summed E-state index contributed by atoms with van der Waals surface area (Å²) in [5.41, 5.74) is 1.26. The minimum atomic E-state index is 0.816. The molecule has 19 heavy (non-hydrogen) atoms. The molecule has 1 heterocycles. The molecule has 0 aromatic heterocycles. The van der Waals surface area contributed by atoms with Crippen LogP contribution in [0.25, 0.3) is 0 Å². The summed E-state index contributed by atoms with van der Waals surface area (Å²) in [6, 6.07) is 8.27. The highest BCUT2D eigenvalue weighted by atomic mass is 16.5. The predicted octanol–water partition coefficient (Wildman–Crippen LogP) is 2.31. The fourth-order valence-electron chi connectivity index (χ4n) is 2.75. The fraction of sp³-hybridized carbons (Fsp3) is 0.625. The molecular weight excluding hydrogens is 236 g/mol. The van der Waals surface area contributed by atoms with E-state index >= 15 is 0 Å². The Bertz CT molecular complexity index is 381. The van der Waals surface area contributed by atoms with E-state index < -0.39 is 0 Å². The molecule has 0 aliphatic carbocycles. The number of benzene rings is 1. The minimum absolute atomic E-state index is 0.816. The summed E-state index contributed by atoms with van der Waals surface area (Å²) in [6.45, 7) is 7.71. The van der Waals surface area contributed by atoms with E-state index in [1.807, 2.05) is 19.2 Å². The lowest BCUT2D eigenvalue weighted by Gasteiger charge is -2.16. The maximum atomic E-state index is 5.78. The minimum Gasteiger partial charge on any atom is -0.494 e. The molecule has 0 saturated carbocycles. The SMILES string of the molecule is CNCC1CCN(CCCOc2cccc(C)c2)C1. The first-order valence-corrected chi connectivity index (χ1v) is 7.34. The van der Waals surface area contributed by atoms with Crippen molar-refractivity contribution < 1.29 is 4.74 Å². The van der Waals surface area contributed by atoms with Gasteiger partial charge in [0, 0.05) is 13.1 Å². The van der Waals surface area contributed by atoms with E-state index in [-0.39, 0.29) is 0 Å². The third-order valence-electron chi connectivity index (χ3n) is 3.74. The van der Waals surface area contributed by atoms with Gasteiger partial charge in [-0.05, 0) is 63.5 Å². The first-order chi connectivity index (χ1) is 9.28. The Hall–Kier alpha value is -1.06. The Balaban J connectivity index is 1.60. The summed E-state index contributed by atoms with van der Waals surface area (Å²) in [7, 11) is 2.04. The molecule has 0 amide bonds. The molecule has 0 spiro atoms. The quantitative estimate of drug-likeness (QED) is 0.763. The molecule has 1 aliphatic rings. The number of ether oxygens (including phenoxy) is 1. The zero-order valence-electron chi connectivity index (χ0n) is 12.2. The molecule has 1 saturated heterocycles. The van der Waals surface area contributed by atoms with Crippen LogP contribution in [0.3, 0.4) is 0 Å². The highest BCUT2D eigenvalue weighted by Crippen LogP contribution is 2.16. The number of rotatable bonds is 7. The van der Waals surface area contributed by atoms with Crippen molar-refractivity contribution in [2.24, 2.45) is 5.92 Å². The molecule has 106 valence electrons. The van der Waals surface area contributed by atoms with Gasteiger partial charge in [-0.3, -0.25) is 0 Å². The molecule has 0 radical (unpaired) electrons. The van der Waals surface area contributed by atoms with Gasteiger partial charge in [0.25, 0.3) is 0 Å². The molecular formula is C16H26N2O. The average molecular weight is 262 g/mol. The second-order valence-electron chi connectivity index (χ2n) is 5.53. The number of aryl methyl sites for hydroxylation is 1. The smallest absolute Gasteiger partial charge is 0.119 e. The van der Waals surface area contributed by atoms with Crippen molar-refractivity contribution in [2.45, 2.75) is 19.8 Å². The Labute approximate surface area is 116 Å². The molecule has 1 unspecified atom stereocenters. The number of hydrogen-bond donors (Lipinski definition) is 1. The summed E-state index contributed by atoms with van der Waals surface area (Å²) >= 11 is 0. The first kappa shape index (κ1) is 14.4. The third-order valence-corrected chi connectivity index (χ3v) is 3.74. The second-order valence-corrected chi connectivity index (χ2v) is 5.53. The van der Waals surface area contributed by atoms with Gasteiger partial charge in [0.2, 0.25) is 0 Å². The normalized spacial score (nSPS) is 19.8. The predicted molar refractivity (Wildman–Crippen MR) is 79.8 cm³/mol. The summed E-state index contributed by atoms with van der Waals surface area (Å²) < 4.78 is 5.78. The molecule has 1 aliphatic heterocycles. The molecule has 1 N–H and O–H groups in total. The van der Waals surface area contributed by atoms with E-state index in [0.29, 0.717) is 0 Å². The summed E-state index contributed by atoms with van der Waals surface area (Å²) in [4.78, 5) is 2.56. The number of nitrogens with zero attached hydrogens (tertiary/aromatic N) is 1. The molecule has 1 aromatic carbocycles. The van der Waals surface area contributed by atoms with Crippen molar-refractivity contribution in [1.82, 2.24) is 10.2 Å². The maximum absolute atomic E-state index is 5.78. The van der Waals surface area contributed by atoms with Crippen molar-refractivity contribution in [3.05, 3.63) is 29.8 Å². The van der Waals surface area contributed by atoms with Crippen molar-refractivity contribution in [2.75, 3.05) is 39.8 Å². The fourth-order valence-corrected chi connectivity index (χ4v) is 2.75. The van der Waals surface area contributed by atoms with Crippen LogP contribution in [0.15, 0.2) is 24.3 Å². The van der Waals surface area contributed by atoms with E-state index in [1.54, 1.807) is 0 Å². The number of likely N-dealkylation sites (tertiary alicyclic amines) is 1. The highest BCUT2D eigenvalue weighted by molar-refractivity contribution is 5.27. The van der Waals surface area contributed by atoms with E-state index in [4.69, 9.17) is 4.74 Å². The summed E-state index contributed by atoms with van der Waals surface area (Å²) in [5.74, 6) is 1.83. The molecule has 1 fully saturated rings. The Morgan fingerprint density at radius 3 is 3.11 bits per heavy atom. The van der Waals surface area contributed by atoms with Crippen LogP contribution in [-0.4, -0.2) is 44.7 Å². The molecule has 0 bridgehead atoms.